The van der Waals surface area contributed by atoms with Crippen LogP contribution in [0.3, 0.4) is 0 Å². The molecule has 0 atom stereocenters. The molecule has 0 radical (unpaired) electrons. The van der Waals surface area contributed by atoms with Crippen molar-refractivity contribution in [1.82, 2.24) is 0 Å². The van der Waals surface area contributed by atoms with Crippen LogP contribution in [0.4, 0.5) is 5.69 Å². The van der Waals surface area contributed by atoms with Crippen LogP contribution in [-0.4, -0.2) is 11.8 Å². The van der Waals surface area contributed by atoms with Gasteiger partial charge in [-0.2, -0.15) is 0 Å². The van der Waals surface area contributed by atoms with Crippen molar-refractivity contribution in [2.24, 2.45) is 0 Å². The minimum absolute atomic E-state index is 0.280. The van der Waals surface area contributed by atoms with E-state index in [-0.39, 0.29) is 11.1 Å². The summed E-state index contributed by atoms with van der Waals surface area (Å²) in [7, 11) is 0. The Labute approximate surface area is 266 Å². The highest BCUT2D eigenvalue weighted by Gasteiger charge is 2.41. The van der Waals surface area contributed by atoms with Crippen LogP contribution in [-0.2, 0) is 9.59 Å². The largest absolute Gasteiger partial charge is 0.457 e. The lowest BCUT2D eigenvalue weighted by Gasteiger charge is -2.19. The third-order valence-electron chi connectivity index (χ3n) is 7.40. The molecule has 1 aliphatic rings. The maximum absolute atomic E-state index is 14.3. The monoisotopic (exact) mass is 601 g/mol. The van der Waals surface area contributed by atoms with Crippen LogP contribution in [0, 0.1) is 0 Å². The van der Waals surface area contributed by atoms with E-state index in [0.29, 0.717) is 51.3 Å². The zero-order valence-electron chi connectivity index (χ0n) is 24.6. The number of amides is 2. The fraction of sp³-hybridized carbons (Fsp3) is 0. The third-order valence-corrected chi connectivity index (χ3v) is 7.40. The first-order valence-corrected chi connectivity index (χ1v) is 14.8. The molecule has 6 heteroatoms. The second-order valence-electron chi connectivity index (χ2n) is 10.5. The van der Waals surface area contributed by atoms with Gasteiger partial charge in [-0.15, -0.1) is 0 Å². The molecule has 6 nitrogen and oxygen atoms in total. The average Bonchev–Trinajstić information content (AvgIpc) is 3.36. The quantitative estimate of drug-likeness (QED) is 0.154. The maximum atomic E-state index is 14.3. The molecular weight excluding hydrogens is 574 g/mol. The molecule has 6 aromatic carbocycles. The number of hydrogen-bond acceptors (Lipinski definition) is 5. The molecule has 1 aliphatic heterocycles. The van der Waals surface area contributed by atoms with Gasteiger partial charge < -0.3 is 14.2 Å². The second-order valence-corrected chi connectivity index (χ2v) is 10.5. The first kappa shape index (κ1) is 28.4. The molecular formula is C40H27NO5. The average molecular weight is 602 g/mol. The molecule has 0 saturated carbocycles. The Balaban J connectivity index is 1.27. The summed E-state index contributed by atoms with van der Waals surface area (Å²) >= 11 is 0. The highest BCUT2D eigenvalue weighted by Crippen LogP contribution is 2.42. The predicted molar refractivity (Wildman–Crippen MR) is 178 cm³/mol. The van der Waals surface area contributed by atoms with Gasteiger partial charge >= 0.3 is 0 Å². The van der Waals surface area contributed by atoms with E-state index < -0.39 is 11.8 Å². The summed E-state index contributed by atoms with van der Waals surface area (Å²) in [5.41, 5.74) is 2.08. The van der Waals surface area contributed by atoms with E-state index in [1.165, 1.54) is 4.90 Å². The minimum Gasteiger partial charge on any atom is -0.457 e. The number of para-hydroxylation sites is 5. The van der Waals surface area contributed by atoms with Gasteiger partial charge in [-0.3, -0.25) is 9.59 Å². The van der Waals surface area contributed by atoms with Crippen LogP contribution in [0.25, 0.3) is 11.1 Å². The van der Waals surface area contributed by atoms with Crippen molar-refractivity contribution in [3.8, 4) is 34.5 Å². The molecule has 0 spiro atoms. The van der Waals surface area contributed by atoms with Gasteiger partial charge in [0.05, 0.1) is 16.8 Å². The Bertz CT molecular complexity index is 1920. The summed E-state index contributed by atoms with van der Waals surface area (Å²) in [4.78, 5) is 29.8. The summed E-state index contributed by atoms with van der Waals surface area (Å²) in [6.07, 6.45) is 0. The molecule has 46 heavy (non-hydrogen) atoms. The molecule has 0 aromatic heterocycles. The molecule has 6 aromatic rings. The number of imide groups is 1. The zero-order chi connectivity index (χ0) is 31.3. The Kier molecular flexibility index (Phi) is 7.82. The summed E-state index contributed by atoms with van der Waals surface area (Å²) in [5.74, 6) is 2.67. The molecule has 0 fully saturated rings. The molecule has 222 valence electrons. The second kappa shape index (κ2) is 12.7. The number of benzene rings is 6. The van der Waals surface area contributed by atoms with Gasteiger partial charge in [-0.25, -0.2) is 4.90 Å². The topological polar surface area (TPSA) is 65.1 Å². The van der Waals surface area contributed by atoms with E-state index >= 15 is 0 Å². The number of carbonyl (C=O) groups excluding carboxylic acids is 2. The lowest BCUT2D eigenvalue weighted by atomic mass is 9.96. The third kappa shape index (κ3) is 5.87. The molecule has 1 heterocycles. The lowest BCUT2D eigenvalue weighted by molar-refractivity contribution is -0.119. The normalized spacial score (nSPS) is 12.7. The van der Waals surface area contributed by atoms with E-state index in [1.54, 1.807) is 72.8 Å². The summed E-state index contributed by atoms with van der Waals surface area (Å²) in [6, 6.07) is 49.5. The van der Waals surface area contributed by atoms with E-state index in [2.05, 4.69) is 0 Å². The van der Waals surface area contributed by atoms with Crippen molar-refractivity contribution in [2.45, 2.75) is 0 Å². The van der Waals surface area contributed by atoms with Crippen molar-refractivity contribution < 1.29 is 23.8 Å². The number of anilines is 1. The highest BCUT2D eigenvalue weighted by atomic mass is 16.5. The molecule has 0 bridgehead atoms. The first-order chi connectivity index (χ1) is 22.6. The Morgan fingerprint density at radius 2 is 0.696 bits per heavy atom. The van der Waals surface area contributed by atoms with Gasteiger partial charge in [0.1, 0.15) is 28.7 Å². The predicted octanol–water partition coefficient (Wildman–Crippen LogP) is 9.55. The molecule has 2 amide bonds. The number of carbonyl (C=O) groups is 2. The van der Waals surface area contributed by atoms with Crippen molar-refractivity contribution in [2.75, 3.05) is 4.90 Å². The van der Waals surface area contributed by atoms with E-state index in [1.807, 2.05) is 91.0 Å². The van der Waals surface area contributed by atoms with Crippen LogP contribution in [0.15, 0.2) is 164 Å². The molecule has 0 saturated heterocycles. The van der Waals surface area contributed by atoms with Crippen molar-refractivity contribution in [1.29, 1.82) is 0 Å². The van der Waals surface area contributed by atoms with Crippen LogP contribution in [0.1, 0.15) is 11.1 Å². The summed E-state index contributed by atoms with van der Waals surface area (Å²) < 4.78 is 18.1. The van der Waals surface area contributed by atoms with Crippen LogP contribution >= 0.6 is 0 Å². The first-order valence-electron chi connectivity index (χ1n) is 14.8. The highest BCUT2D eigenvalue weighted by molar-refractivity contribution is 6.57. The van der Waals surface area contributed by atoms with E-state index in [4.69, 9.17) is 14.2 Å². The van der Waals surface area contributed by atoms with Gasteiger partial charge in [0.25, 0.3) is 11.8 Å². The summed E-state index contributed by atoms with van der Waals surface area (Å²) in [5, 5.41) is 0. The van der Waals surface area contributed by atoms with Crippen molar-refractivity contribution >= 4 is 28.6 Å². The standard InChI is InChI=1S/C40H27NO5/c42-39-37(28-20-24-33(25-21-28)44-30-12-4-1-5-13-30)38(29-22-26-34(27-23-29)45-31-14-6-2-7-15-31)40(43)41(39)35-18-10-11-19-36(35)46-32-16-8-3-9-17-32/h1-27H. The smallest absolute Gasteiger partial charge is 0.266 e. The van der Waals surface area contributed by atoms with Gasteiger partial charge in [0.2, 0.25) is 0 Å². The number of hydrogen-bond donors (Lipinski definition) is 0. The van der Waals surface area contributed by atoms with Crippen LogP contribution in [0.2, 0.25) is 0 Å². The minimum atomic E-state index is -0.453. The Hall–Kier alpha value is -6.40. The van der Waals surface area contributed by atoms with Crippen molar-refractivity contribution in [3.05, 3.63) is 175 Å². The number of rotatable bonds is 9. The Morgan fingerprint density at radius 1 is 0.348 bits per heavy atom. The molecule has 0 unspecified atom stereocenters. The van der Waals surface area contributed by atoms with Gasteiger partial charge in [0, 0.05) is 0 Å². The fourth-order valence-electron chi connectivity index (χ4n) is 5.26. The van der Waals surface area contributed by atoms with Gasteiger partial charge in [-0.1, -0.05) is 91.0 Å². The molecule has 0 aliphatic carbocycles. The number of ether oxygens (including phenoxy) is 3. The van der Waals surface area contributed by atoms with Crippen molar-refractivity contribution in [3.63, 3.8) is 0 Å². The van der Waals surface area contributed by atoms with Crippen LogP contribution in [0.5, 0.6) is 34.5 Å². The zero-order valence-corrected chi connectivity index (χ0v) is 24.6. The van der Waals surface area contributed by atoms with Crippen LogP contribution < -0.4 is 19.1 Å². The van der Waals surface area contributed by atoms with E-state index in [9.17, 15) is 9.59 Å². The summed E-state index contributed by atoms with van der Waals surface area (Å²) in [6.45, 7) is 0. The van der Waals surface area contributed by atoms with Gasteiger partial charge in [0.15, 0.2) is 5.75 Å². The maximum Gasteiger partial charge on any atom is 0.266 e. The lowest BCUT2D eigenvalue weighted by Crippen LogP contribution is -2.31. The fourth-order valence-corrected chi connectivity index (χ4v) is 5.26. The molecule has 0 N–H and O–H groups in total. The Morgan fingerprint density at radius 3 is 1.13 bits per heavy atom. The van der Waals surface area contributed by atoms with E-state index in [0.717, 1.165) is 0 Å². The molecule has 7 rings (SSSR count). The SMILES string of the molecule is O=C1C(c2ccc(Oc3ccccc3)cc2)=C(c2ccc(Oc3ccccc3)cc2)C(=O)N1c1ccccc1Oc1ccccc1. The number of nitrogens with zero attached hydrogens (tertiary/aromatic N) is 1. The van der Waals surface area contributed by atoms with Gasteiger partial charge in [-0.05, 0) is 83.9 Å².